The summed E-state index contributed by atoms with van der Waals surface area (Å²) in [5, 5.41) is 11.0. The molecule has 1 amide bonds. The first-order chi connectivity index (χ1) is 15.7. The molecule has 0 radical (unpaired) electrons. The smallest absolute Gasteiger partial charge is 0.222 e. The van der Waals surface area contributed by atoms with Crippen molar-refractivity contribution in [3.05, 3.63) is 83.7 Å². The fraction of sp³-hybridized carbons (Fsp3) is 0.320. The largest absolute Gasteiger partial charge is 0.356 e. The Morgan fingerprint density at radius 3 is 2.52 bits per heavy atom. The molecular formula is C25H31IN6O. The van der Waals surface area contributed by atoms with E-state index in [4.69, 9.17) is 0 Å². The molecule has 1 aliphatic rings. The minimum Gasteiger partial charge on any atom is -0.356 e. The Labute approximate surface area is 212 Å². The molecule has 3 aromatic rings. The highest BCUT2D eigenvalue weighted by Crippen LogP contribution is 2.17. The molecule has 0 bridgehead atoms. The Morgan fingerprint density at radius 1 is 1.06 bits per heavy atom. The molecule has 4 rings (SSSR count). The average molecular weight is 558 g/mol. The van der Waals surface area contributed by atoms with Crippen LogP contribution in [0.2, 0.25) is 0 Å². The second-order valence-corrected chi connectivity index (χ2v) is 7.91. The van der Waals surface area contributed by atoms with Gasteiger partial charge in [0, 0.05) is 52.0 Å². The van der Waals surface area contributed by atoms with Crippen molar-refractivity contribution in [2.75, 3.05) is 20.1 Å². The zero-order valence-corrected chi connectivity index (χ0v) is 21.2. The van der Waals surface area contributed by atoms with Crippen molar-refractivity contribution in [3.8, 4) is 5.69 Å². The Hall–Kier alpha value is -2.88. The third kappa shape index (κ3) is 6.80. The summed E-state index contributed by atoms with van der Waals surface area (Å²) in [6.45, 7) is 2.98. The number of likely N-dealkylation sites (tertiary alicyclic amines) is 1. The normalized spacial score (nSPS) is 13.7. The molecule has 2 heterocycles. The lowest BCUT2D eigenvalue weighted by molar-refractivity contribution is -0.128. The molecule has 1 saturated heterocycles. The van der Waals surface area contributed by atoms with Crippen LogP contribution in [-0.4, -0.2) is 46.7 Å². The number of hydrogen-bond acceptors (Lipinski definition) is 3. The summed E-state index contributed by atoms with van der Waals surface area (Å²) in [6, 6.07) is 18.6. The second kappa shape index (κ2) is 12.4. The number of amides is 1. The minimum atomic E-state index is 0. The molecule has 7 nitrogen and oxygen atoms in total. The van der Waals surface area contributed by atoms with Crippen molar-refractivity contribution in [2.45, 2.75) is 32.4 Å². The quantitative estimate of drug-likeness (QED) is 0.252. The Balaban J connectivity index is 0.00000306. The first kappa shape index (κ1) is 24.8. The van der Waals surface area contributed by atoms with E-state index >= 15 is 0 Å². The molecular weight excluding hydrogens is 527 g/mol. The summed E-state index contributed by atoms with van der Waals surface area (Å²) in [4.78, 5) is 18.3. The Morgan fingerprint density at radius 2 is 1.85 bits per heavy atom. The summed E-state index contributed by atoms with van der Waals surface area (Å²) < 4.78 is 1.85. The van der Waals surface area contributed by atoms with Gasteiger partial charge < -0.3 is 15.5 Å². The zero-order valence-electron chi connectivity index (χ0n) is 18.9. The van der Waals surface area contributed by atoms with Gasteiger partial charge in [0.1, 0.15) is 0 Å². The van der Waals surface area contributed by atoms with Crippen molar-refractivity contribution in [1.82, 2.24) is 25.3 Å². The summed E-state index contributed by atoms with van der Waals surface area (Å²) in [5.41, 5.74) is 4.68. The van der Waals surface area contributed by atoms with Crippen LogP contribution in [-0.2, 0) is 24.3 Å². The number of benzene rings is 2. The van der Waals surface area contributed by atoms with Gasteiger partial charge in [-0.3, -0.25) is 9.79 Å². The van der Waals surface area contributed by atoms with E-state index in [2.05, 4.69) is 57.1 Å². The highest BCUT2D eigenvalue weighted by molar-refractivity contribution is 14.0. The SMILES string of the molecule is CN=C(NCCc1ccc(-n2cccn2)cc1)NCc1ccccc1CN1CCCC1=O.I. The van der Waals surface area contributed by atoms with Crippen LogP contribution in [0.5, 0.6) is 0 Å². The molecule has 0 aliphatic carbocycles. The Bertz CT molecular complexity index is 1050. The number of guanidine groups is 1. The highest BCUT2D eigenvalue weighted by Gasteiger charge is 2.20. The minimum absolute atomic E-state index is 0. The summed E-state index contributed by atoms with van der Waals surface area (Å²) in [5.74, 6) is 1.02. The maximum Gasteiger partial charge on any atom is 0.222 e. The van der Waals surface area contributed by atoms with Gasteiger partial charge in [-0.15, -0.1) is 24.0 Å². The number of halogens is 1. The lowest BCUT2D eigenvalue weighted by atomic mass is 10.1. The van der Waals surface area contributed by atoms with Crippen LogP contribution in [0.15, 0.2) is 72.0 Å². The fourth-order valence-corrected chi connectivity index (χ4v) is 3.92. The molecule has 1 aromatic heterocycles. The predicted octanol–water partition coefficient (Wildman–Crippen LogP) is 3.52. The predicted molar refractivity (Wildman–Crippen MR) is 142 cm³/mol. The van der Waals surface area contributed by atoms with Crippen molar-refractivity contribution >= 4 is 35.8 Å². The number of aliphatic imine (C=N–C) groups is 1. The number of rotatable bonds is 8. The number of hydrogen-bond donors (Lipinski definition) is 2. The van der Waals surface area contributed by atoms with E-state index in [9.17, 15) is 4.79 Å². The van der Waals surface area contributed by atoms with Crippen LogP contribution in [0.1, 0.15) is 29.5 Å². The molecule has 1 aliphatic heterocycles. The van der Waals surface area contributed by atoms with E-state index in [0.29, 0.717) is 19.5 Å². The molecule has 2 N–H and O–H groups in total. The standard InChI is InChI=1S/C25H30N6O.HI/c1-26-25(27-15-13-20-9-11-23(12-10-20)31-17-5-14-29-31)28-18-21-6-2-3-7-22(21)19-30-16-4-8-24(30)32;/h2-3,5-7,9-12,14,17H,4,8,13,15-16,18-19H2,1H3,(H2,26,27,28);1H. The van der Waals surface area contributed by atoms with Crippen molar-refractivity contribution < 1.29 is 4.79 Å². The van der Waals surface area contributed by atoms with Gasteiger partial charge in [-0.1, -0.05) is 36.4 Å². The third-order valence-electron chi connectivity index (χ3n) is 5.73. The van der Waals surface area contributed by atoms with Crippen LogP contribution in [0, 0.1) is 0 Å². The first-order valence-electron chi connectivity index (χ1n) is 11.1. The summed E-state index contributed by atoms with van der Waals surface area (Å²) in [6.07, 6.45) is 6.24. The maximum atomic E-state index is 12.0. The number of aromatic nitrogens is 2. The molecule has 0 atom stereocenters. The highest BCUT2D eigenvalue weighted by atomic mass is 127. The van der Waals surface area contributed by atoms with Gasteiger partial charge in [0.15, 0.2) is 5.96 Å². The average Bonchev–Trinajstić information content (AvgIpc) is 3.50. The first-order valence-corrected chi connectivity index (χ1v) is 11.1. The van der Waals surface area contributed by atoms with Crippen LogP contribution in [0.4, 0.5) is 0 Å². The Kier molecular flexibility index (Phi) is 9.29. The molecule has 174 valence electrons. The van der Waals surface area contributed by atoms with E-state index in [-0.39, 0.29) is 29.9 Å². The lowest BCUT2D eigenvalue weighted by Gasteiger charge is -2.19. The van der Waals surface area contributed by atoms with Gasteiger partial charge in [-0.2, -0.15) is 5.10 Å². The lowest BCUT2D eigenvalue weighted by Crippen LogP contribution is -2.38. The fourth-order valence-electron chi connectivity index (χ4n) is 3.92. The third-order valence-corrected chi connectivity index (χ3v) is 5.73. The topological polar surface area (TPSA) is 74.6 Å². The molecule has 33 heavy (non-hydrogen) atoms. The van der Waals surface area contributed by atoms with Gasteiger partial charge >= 0.3 is 0 Å². The van der Waals surface area contributed by atoms with Crippen LogP contribution >= 0.6 is 24.0 Å². The number of nitrogens with one attached hydrogen (secondary N) is 2. The van der Waals surface area contributed by atoms with E-state index < -0.39 is 0 Å². The van der Waals surface area contributed by atoms with E-state index in [1.54, 1.807) is 13.2 Å². The van der Waals surface area contributed by atoms with Crippen molar-refractivity contribution in [2.24, 2.45) is 4.99 Å². The maximum absolute atomic E-state index is 12.0. The molecule has 1 fully saturated rings. The van der Waals surface area contributed by atoms with Crippen LogP contribution in [0.3, 0.4) is 0 Å². The summed E-state index contributed by atoms with van der Waals surface area (Å²) in [7, 11) is 1.78. The van der Waals surface area contributed by atoms with Gasteiger partial charge in [0.25, 0.3) is 0 Å². The van der Waals surface area contributed by atoms with Gasteiger partial charge in [-0.05, 0) is 47.7 Å². The van der Waals surface area contributed by atoms with Crippen LogP contribution in [0.25, 0.3) is 5.69 Å². The van der Waals surface area contributed by atoms with Crippen molar-refractivity contribution in [3.63, 3.8) is 0 Å². The number of nitrogens with zero attached hydrogens (tertiary/aromatic N) is 4. The molecule has 0 unspecified atom stereocenters. The van der Waals surface area contributed by atoms with Gasteiger partial charge in [0.2, 0.25) is 5.91 Å². The molecule has 8 heteroatoms. The van der Waals surface area contributed by atoms with Crippen LogP contribution < -0.4 is 10.6 Å². The number of carbonyl (C=O) groups excluding carboxylic acids is 1. The summed E-state index contributed by atoms with van der Waals surface area (Å²) >= 11 is 0. The van der Waals surface area contributed by atoms with E-state index in [0.717, 1.165) is 37.6 Å². The van der Waals surface area contributed by atoms with Crippen molar-refractivity contribution in [1.29, 1.82) is 0 Å². The zero-order chi connectivity index (χ0) is 22.2. The van der Waals surface area contributed by atoms with E-state index in [1.807, 2.05) is 34.0 Å². The monoisotopic (exact) mass is 558 g/mol. The van der Waals surface area contributed by atoms with Gasteiger partial charge in [0.05, 0.1) is 5.69 Å². The van der Waals surface area contributed by atoms with Gasteiger partial charge in [-0.25, -0.2) is 4.68 Å². The molecule has 0 saturated carbocycles. The second-order valence-electron chi connectivity index (χ2n) is 7.91. The van der Waals surface area contributed by atoms with E-state index in [1.165, 1.54) is 16.7 Å². The number of carbonyl (C=O) groups is 1. The molecule has 2 aromatic carbocycles. The molecule has 0 spiro atoms.